The van der Waals surface area contributed by atoms with Gasteiger partial charge < -0.3 is 4.74 Å². The highest BCUT2D eigenvalue weighted by Crippen LogP contribution is 2.39. The molecule has 1 nitrogen and oxygen atoms in total. The van der Waals surface area contributed by atoms with Crippen LogP contribution < -0.4 is 4.74 Å². The quantitative estimate of drug-likeness (QED) is 0.592. The lowest BCUT2D eigenvalue weighted by Gasteiger charge is -2.15. The van der Waals surface area contributed by atoms with E-state index < -0.39 is 11.7 Å². The molecule has 1 aromatic carbocycles. The Labute approximate surface area is 203 Å². The maximum Gasteiger partial charge on any atom is 0.420 e. The lowest BCUT2D eigenvalue weighted by molar-refractivity contribution is -0.139. The van der Waals surface area contributed by atoms with Crippen molar-refractivity contribution >= 4 is 0 Å². The molecule has 0 heterocycles. The minimum atomic E-state index is -4.56. The first kappa shape index (κ1) is 27.0. The van der Waals surface area contributed by atoms with E-state index in [4.69, 9.17) is 11.2 Å². The lowest BCUT2D eigenvalue weighted by atomic mass is 10.0. The molecule has 0 radical (unpaired) electrons. The van der Waals surface area contributed by atoms with Gasteiger partial charge >= 0.3 is 6.18 Å². The van der Waals surface area contributed by atoms with Gasteiger partial charge in [-0.25, -0.2) is 0 Å². The summed E-state index contributed by atoms with van der Waals surface area (Å²) in [6.45, 7) is 2.95. The summed E-state index contributed by atoms with van der Waals surface area (Å²) in [4.78, 5) is 0. The van der Waals surface area contributed by atoms with E-state index in [-0.39, 0.29) is 11.3 Å². The van der Waals surface area contributed by atoms with Crippen molar-refractivity contribution in [3.63, 3.8) is 0 Å². The molecule has 0 unspecified atom stereocenters. The highest BCUT2D eigenvalue weighted by atomic mass is 19.4. The van der Waals surface area contributed by atoms with Crippen molar-refractivity contribution < 1.29 is 17.9 Å². The average Bonchev–Trinajstić information content (AvgIpc) is 2.81. The third kappa shape index (κ3) is 11.8. The van der Waals surface area contributed by atoms with Gasteiger partial charge in [-0.05, 0) is 78.4 Å². The predicted molar refractivity (Wildman–Crippen MR) is 128 cm³/mol. The summed E-state index contributed by atoms with van der Waals surface area (Å²) in [7, 11) is 0. The standard InChI is InChI=1S/C31H9F3O/c1-4-5-6-7-8-9-10-11-12-13-14-15-16-17-18-19-20-21-22-23-26-35-29-25-24-27(2)28(3)30(29)31(32,33)34/h1,24-25H,2-3H3. The minimum Gasteiger partial charge on any atom is -0.406 e. The Morgan fingerprint density at radius 1 is 0.600 bits per heavy atom. The fourth-order valence-corrected chi connectivity index (χ4v) is 1.90. The molecule has 0 aliphatic rings. The Hall–Kier alpha value is -6.03. The second kappa shape index (κ2) is 15.7. The number of terminal acetylenes is 1. The van der Waals surface area contributed by atoms with Gasteiger partial charge in [-0.2, -0.15) is 13.2 Å². The number of aryl methyl sites for hydroxylation is 1. The zero-order valence-electron chi connectivity index (χ0n) is 18.3. The summed E-state index contributed by atoms with van der Waals surface area (Å²) < 4.78 is 44.6. The molecule has 160 valence electrons. The monoisotopic (exact) mass is 454 g/mol. The second-order valence-corrected chi connectivity index (χ2v) is 5.60. The summed E-state index contributed by atoms with van der Waals surface area (Å²) in [5.41, 5.74) is -0.293. The van der Waals surface area contributed by atoms with Crippen LogP contribution in [0.4, 0.5) is 13.2 Å². The van der Waals surface area contributed by atoms with Crippen LogP contribution in [0.1, 0.15) is 16.7 Å². The van der Waals surface area contributed by atoms with Crippen LogP contribution in [-0.2, 0) is 6.18 Å². The Kier molecular flexibility index (Phi) is 12.1. The van der Waals surface area contributed by atoms with E-state index in [1.54, 1.807) is 6.92 Å². The Balaban J connectivity index is 2.62. The zero-order chi connectivity index (χ0) is 25.8. The van der Waals surface area contributed by atoms with Crippen LogP contribution >= 0.6 is 0 Å². The molecule has 0 saturated carbocycles. The summed E-state index contributed by atoms with van der Waals surface area (Å²) >= 11 is 0. The summed E-state index contributed by atoms with van der Waals surface area (Å²) in [5.74, 6) is 47.5. The van der Waals surface area contributed by atoms with Crippen molar-refractivity contribution in [2.24, 2.45) is 0 Å². The summed E-state index contributed by atoms with van der Waals surface area (Å²) in [6, 6.07) is 2.73. The van der Waals surface area contributed by atoms with E-state index in [0.29, 0.717) is 5.56 Å². The highest BCUT2D eigenvalue weighted by molar-refractivity contribution is 5.48. The van der Waals surface area contributed by atoms with E-state index in [2.05, 4.69) is 125 Å². The van der Waals surface area contributed by atoms with Crippen LogP contribution in [0.2, 0.25) is 0 Å². The first-order valence-corrected chi connectivity index (χ1v) is 9.17. The summed E-state index contributed by atoms with van der Waals surface area (Å²) in [6.07, 6.45) is 2.47. The van der Waals surface area contributed by atoms with Crippen molar-refractivity contribution in [1.29, 1.82) is 0 Å². The molecule has 1 aromatic rings. The van der Waals surface area contributed by atoms with Gasteiger partial charge in [0.25, 0.3) is 0 Å². The molecule has 0 aliphatic carbocycles. The fourth-order valence-electron chi connectivity index (χ4n) is 1.90. The molecular formula is C31H9F3O. The molecule has 0 saturated heterocycles. The van der Waals surface area contributed by atoms with Crippen molar-refractivity contribution in [1.82, 2.24) is 0 Å². The van der Waals surface area contributed by atoms with Crippen LogP contribution in [0, 0.1) is 145 Å². The number of alkyl halides is 3. The van der Waals surface area contributed by atoms with Crippen molar-refractivity contribution in [3.8, 4) is 137 Å². The van der Waals surface area contributed by atoms with Gasteiger partial charge in [-0.15, -0.1) is 6.42 Å². The molecule has 0 fully saturated rings. The topological polar surface area (TPSA) is 9.23 Å². The normalized spacial score (nSPS) is 6.97. The Morgan fingerprint density at radius 3 is 1.34 bits per heavy atom. The Bertz CT molecular complexity index is 1680. The van der Waals surface area contributed by atoms with Gasteiger partial charge in [0.2, 0.25) is 0 Å². The molecule has 0 spiro atoms. The molecule has 4 heteroatoms. The van der Waals surface area contributed by atoms with Gasteiger partial charge in [-0.3, -0.25) is 0 Å². The predicted octanol–water partition coefficient (Wildman–Crippen LogP) is 3.33. The fraction of sp³-hybridized carbons (Fsp3) is 0.0968. The summed E-state index contributed by atoms with van der Waals surface area (Å²) in [5, 5.41) is 0. The number of benzene rings is 1. The largest absolute Gasteiger partial charge is 0.420 e. The van der Waals surface area contributed by atoms with Crippen molar-refractivity contribution in [2.45, 2.75) is 20.0 Å². The number of hydrogen-bond donors (Lipinski definition) is 0. The average molecular weight is 454 g/mol. The van der Waals surface area contributed by atoms with Gasteiger partial charge in [0.15, 0.2) is 5.75 Å². The van der Waals surface area contributed by atoms with Gasteiger partial charge in [0.05, 0.1) is 0 Å². The molecule has 0 bridgehead atoms. The van der Waals surface area contributed by atoms with Crippen LogP contribution in [0.3, 0.4) is 0 Å². The highest BCUT2D eigenvalue weighted by Gasteiger charge is 2.36. The number of rotatable bonds is 1. The molecule has 35 heavy (non-hydrogen) atoms. The lowest BCUT2D eigenvalue weighted by Crippen LogP contribution is -2.10. The first-order chi connectivity index (χ1) is 16.9. The van der Waals surface area contributed by atoms with E-state index in [1.165, 1.54) is 19.1 Å². The molecule has 1 rings (SSSR count). The molecule has 0 aromatic heterocycles. The smallest absolute Gasteiger partial charge is 0.406 e. The van der Waals surface area contributed by atoms with Crippen LogP contribution in [0.25, 0.3) is 0 Å². The van der Waals surface area contributed by atoms with E-state index >= 15 is 0 Å². The number of ether oxygens (including phenoxy) is 1. The van der Waals surface area contributed by atoms with Gasteiger partial charge in [-0.1, -0.05) is 6.07 Å². The third-order valence-electron chi connectivity index (χ3n) is 3.39. The third-order valence-corrected chi connectivity index (χ3v) is 3.39. The van der Waals surface area contributed by atoms with Crippen LogP contribution in [0.5, 0.6) is 5.75 Å². The SMILES string of the molecule is C#CC#CC#CC#CC#CC#CC#CC#CC#CC#CC#COc1ccc(C)c(C)c1C(F)(F)F. The van der Waals surface area contributed by atoms with E-state index in [0.717, 1.165) is 0 Å². The molecule has 0 amide bonds. The first-order valence-electron chi connectivity index (χ1n) is 9.17. The van der Waals surface area contributed by atoms with Crippen molar-refractivity contribution in [2.75, 3.05) is 0 Å². The molecular weight excluding hydrogens is 445 g/mol. The number of halogens is 3. The minimum absolute atomic E-state index is 0.0774. The van der Waals surface area contributed by atoms with E-state index in [9.17, 15) is 13.2 Å². The van der Waals surface area contributed by atoms with Crippen LogP contribution in [0.15, 0.2) is 12.1 Å². The maximum atomic E-state index is 13.2. The molecule has 0 aliphatic heterocycles. The maximum absolute atomic E-state index is 13.2. The molecule has 0 atom stereocenters. The van der Waals surface area contributed by atoms with Crippen LogP contribution in [-0.4, -0.2) is 0 Å². The second-order valence-electron chi connectivity index (χ2n) is 5.60. The number of hydrogen-bond acceptors (Lipinski definition) is 1. The van der Waals surface area contributed by atoms with Crippen molar-refractivity contribution in [3.05, 3.63) is 28.8 Å². The van der Waals surface area contributed by atoms with E-state index in [1.807, 2.05) is 0 Å². The Morgan fingerprint density at radius 2 is 0.971 bits per heavy atom. The molecule has 0 N–H and O–H groups in total. The zero-order valence-corrected chi connectivity index (χ0v) is 18.3. The van der Waals surface area contributed by atoms with Gasteiger partial charge in [0.1, 0.15) is 11.7 Å². The van der Waals surface area contributed by atoms with Gasteiger partial charge in [0, 0.05) is 71.0 Å².